The zero-order valence-corrected chi connectivity index (χ0v) is 20.8. The van der Waals surface area contributed by atoms with Gasteiger partial charge in [0.05, 0.1) is 24.5 Å². The number of anilines is 2. The number of hydrogen-bond donors (Lipinski definition) is 3. The number of piperidine rings is 1. The molecule has 2 aliphatic heterocycles. The van der Waals surface area contributed by atoms with Crippen LogP contribution >= 0.6 is 0 Å². The zero-order valence-electron chi connectivity index (χ0n) is 20.8. The molecule has 0 bridgehead atoms. The summed E-state index contributed by atoms with van der Waals surface area (Å²) in [5, 5.41) is 21.7. The number of amides is 1. The topological polar surface area (TPSA) is 109 Å². The van der Waals surface area contributed by atoms with Crippen molar-refractivity contribution in [2.45, 2.75) is 25.8 Å². The van der Waals surface area contributed by atoms with Crippen molar-refractivity contribution < 1.29 is 23.6 Å². The maximum Gasteiger partial charge on any atom is 0.262 e. The first kappa shape index (κ1) is 26.4. The molecule has 194 valence electrons. The molecular formula is C27H31F2N6O2+. The first-order chi connectivity index (χ1) is 17.9. The number of rotatable bonds is 7. The third kappa shape index (κ3) is 6.38. The summed E-state index contributed by atoms with van der Waals surface area (Å²) in [7, 11) is 0. The van der Waals surface area contributed by atoms with Crippen LogP contribution in [0.2, 0.25) is 0 Å². The molecule has 4 rings (SSSR count). The molecule has 2 fully saturated rings. The van der Waals surface area contributed by atoms with Gasteiger partial charge in [0.2, 0.25) is 0 Å². The van der Waals surface area contributed by atoms with Gasteiger partial charge in [-0.2, -0.15) is 5.26 Å². The summed E-state index contributed by atoms with van der Waals surface area (Å²) in [5.41, 5.74) is 2.60. The van der Waals surface area contributed by atoms with Crippen molar-refractivity contribution in [1.29, 1.82) is 10.7 Å². The standard InChI is InChI=1S/C27H30F2N6O2/c1-18(32-21-2-4-24(28)25(29)15-21)23(17-31)27(36)33-20-3-5-26(19(14-20)16-30)35-8-6-22(7-9-35)34-10-12-37-13-11-34/h2-5,14-15,17,22,31-32H,6-13H2,1H3,(H,33,36)/p+1. The summed E-state index contributed by atoms with van der Waals surface area (Å²) in [6, 6.07) is 11.4. The molecule has 0 unspecified atom stereocenters. The number of allylic oxidation sites excluding steroid dienone is 1. The third-order valence-electron chi connectivity index (χ3n) is 6.88. The van der Waals surface area contributed by atoms with Crippen molar-refractivity contribution in [3.05, 3.63) is 64.9 Å². The Bertz CT molecular complexity index is 1230. The highest BCUT2D eigenvalue weighted by Crippen LogP contribution is 2.28. The number of nitrogens with two attached hydrogens (primary N) is 1. The van der Waals surface area contributed by atoms with Crippen LogP contribution < -0.4 is 15.5 Å². The smallest absolute Gasteiger partial charge is 0.262 e. The van der Waals surface area contributed by atoms with E-state index in [4.69, 9.17) is 10.1 Å². The lowest BCUT2D eigenvalue weighted by Gasteiger charge is -2.41. The number of carbonyl (C=O) groups excluding carboxylic acids is 1. The quantitative estimate of drug-likeness (QED) is 0.302. The average molecular weight is 510 g/mol. The van der Waals surface area contributed by atoms with Crippen LogP contribution in [0.4, 0.5) is 25.8 Å². The summed E-state index contributed by atoms with van der Waals surface area (Å²) in [6.45, 7) is 6.81. The van der Waals surface area contributed by atoms with Gasteiger partial charge in [-0.05, 0) is 37.1 Å². The average Bonchev–Trinajstić information content (AvgIpc) is 2.91. The Balaban J connectivity index is 1.42. The first-order valence-corrected chi connectivity index (χ1v) is 12.3. The van der Waals surface area contributed by atoms with Gasteiger partial charge in [0, 0.05) is 63.2 Å². The van der Waals surface area contributed by atoms with Crippen LogP contribution in [0, 0.1) is 28.4 Å². The van der Waals surface area contributed by atoms with E-state index in [1.54, 1.807) is 19.1 Å². The number of quaternary nitrogens is 1. The fourth-order valence-corrected chi connectivity index (χ4v) is 4.88. The highest BCUT2D eigenvalue weighted by molar-refractivity contribution is 6.17. The summed E-state index contributed by atoms with van der Waals surface area (Å²) < 4.78 is 32.2. The van der Waals surface area contributed by atoms with Crippen LogP contribution in [0.1, 0.15) is 25.3 Å². The molecule has 0 radical (unpaired) electrons. The van der Waals surface area contributed by atoms with Crippen LogP contribution in [-0.4, -0.2) is 62.5 Å². The fraction of sp³-hybridized carbons (Fsp3) is 0.370. The van der Waals surface area contributed by atoms with E-state index < -0.39 is 17.5 Å². The Morgan fingerprint density at radius 2 is 1.86 bits per heavy atom. The lowest BCUT2D eigenvalue weighted by molar-refractivity contribution is -0.517. The molecule has 2 aromatic rings. The van der Waals surface area contributed by atoms with Gasteiger partial charge in [-0.25, -0.2) is 8.78 Å². The van der Waals surface area contributed by atoms with E-state index in [1.807, 2.05) is 6.07 Å². The minimum absolute atomic E-state index is 0.0671. The molecule has 4 N–H and O–H groups in total. The molecule has 2 heterocycles. The predicted molar refractivity (Wildman–Crippen MR) is 137 cm³/mol. The number of nitrogens with zero attached hydrogens (tertiary/aromatic N) is 3. The lowest BCUT2D eigenvalue weighted by atomic mass is 10.0. The van der Waals surface area contributed by atoms with Gasteiger partial charge in [0.1, 0.15) is 23.0 Å². The number of nitrogens with one attached hydrogen (secondary N) is 2. The van der Waals surface area contributed by atoms with E-state index in [-0.39, 0.29) is 5.57 Å². The third-order valence-corrected chi connectivity index (χ3v) is 6.88. The second kappa shape index (κ2) is 12.1. The molecule has 0 saturated carbocycles. The van der Waals surface area contributed by atoms with Crippen LogP contribution in [0.15, 0.2) is 47.7 Å². The normalized spacial score (nSPS) is 17.6. The van der Waals surface area contributed by atoms with Gasteiger partial charge in [-0.15, -0.1) is 0 Å². The van der Waals surface area contributed by atoms with E-state index in [2.05, 4.69) is 21.2 Å². The Kier molecular flexibility index (Phi) is 8.61. The SMILES string of the molecule is CC([NH2+]c1ccc(F)c(F)c1)=C(C=N)C(=O)Nc1ccc(N2CCC(N3CCOCC3)CC2)c(C#N)c1. The lowest BCUT2D eigenvalue weighted by Crippen LogP contribution is -2.75. The molecule has 37 heavy (non-hydrogen) atoms. The number of halogens is 2. The van der Waals surface area contributed by atoms with Crippen LogP contribution in [0.5, 0.6) is 0 Å². The van der Waals surface area contributed by atoms with Gasteiger partial charge in [-0.1, -0.05) is 0 Å². The highest BCUT2D eigenvalue weighted by atomic mass is 19.2. The largest absolute Gasteiger partial charge is 0.379 e. The summed E-state index contributed by atoms with van der Waals surface area (Å²) in [4.78, 5) is 17.6. The van der Waals surface area contributed by atoms with Gasteiger partial charge < -0.3 is 20.4 Å². The number of hydrogen-bond acceptors (Lipinski definition) is 6. The maximum atomic E-state index is 13.5. The van der Waals surface area contributed by atoms with Gasteiger partial charge in [0.25, 0.3) is 5.91 Å². The molecule has 0 aliphatic carbocycles. The monoisotopic (exact) mass is 509 g/mol. The maximum absolute atomic E-state index is 13.5. The molecule has 2 saturated heterocycles. The van der Waals surface area contributed by atoms with Gasteiger partial charge >= 0.3 is 0 Å². The Morgan fingerprint density at radius 3 is 2.51 bits per heavy atom. The predicted octanol–water partition coefficient (Wildman–Crippen LogP) is 2.89. The van der Waals surface area contributed by atoms with E-state index >= 15 is 0 Å². The van der Waals surface area contributed by atoms with Crippen LogP contribution in [0.25, 0.3) is 0 Å². The number of morpholine rings is 1. The summed E-state index contributed by atoms with van der Waals surface area (Å²) in [6.07, 6.45) is 2.95. The second-order valence-electron chi connectivity index (χ2n) is 9.22. The molecule has 2 aliphatic rings. The van der Waals surface area contributed by atoms with Crippen molar-refractivity contribution in [3.8, 4) is 6.07 Å². The van der Waals surface area contributed by atoms with Crippen molar-refractivity contribution in [2.24, 2.45) is 0 Å². The zero-order chi connectivity index (χ0) is 26.4. The molecule has 10 heteroatoms. The van der Waals surface area contributed by atoms with E-state index in [9.17, 15) is 18.8 Å². The Hall–Kier alpha value is -3.65. The van der Waals surface area contributed by atoms with E-state index in [0.29, 0.717) is 28.7 Å². The molecule has 1 amide bonds. The molecule has 8 nitrogen and oxygen atoms in total. The number of ether oxygens (including phenoxy) is 1. The summed E-state index contributed by atoms with van der Waals surface area (Å²) in [5.74, 6) is -2.48. The fourth-order valence-electron chi connectivity index (χ4n) is 4.88. The first-order valence-electron chi connectivity index (χ1n) is 12.3. The summed E-state index contributed by atoms with van der Waals surface area (Å²) >= 11 is 0. The Labute approximate surface area is 215 Å². The Morgan fingerprint density at radius 1 is 1.14 bits per heavy atom. The molecule has 0 spiro atoms. The number of nitriles is 1. The number of benzene rings is 2. The second-order valence-corrected chi connectivity index (χ2v) is 9.22. The minimum atomic E-state index is -0.989. The van der Waals surface area contributed by atoms with Gasteiger partial charge in [-0.3, -0.25) is 15.0 Å². The van der Waals surface area contributed by atoms with Crippen molar-refractivity contribution in [3.63, 3.8) is 0 Å². The van der Waals surface area contributed by atoms with E-state index in [1.165, 1.54) is 11.4 Å². The molecular weight excluding hydrogens is 478 g/mol. The van der Waals surface area contributed by atoms with Crippen LogP contribution in [0.3, 0.4) is 0 Å². The van der Waals surface area contributed by atoms with Crippen LogP contribution in [-0.2, 0) is 9.53 Å². The van der Waals surface area contributed by atoms with Crippen molar-refractivity contribution in [1.82, 2.24) is 4.90 Å². The van der Waals surface area contributed by atoms with E-state index in [0.717, 1.165) is 76.3 Å². The highest BCUT2D eigenvalue weighted by Gasteiger charge is 2.27. The molecule has 2 aromatic carbocycles. The molecule has 0 atom stereocenters. The van der Waals surface area contributed by atoms with Gasteiger partial charge in [0.15, 0.2) is 11.6 Å². The molecule has 0 aromatic heterocycles. The van der Waals surface area contributed by atoms with Crippen molar-refractivity contribution >= 4 is 29.2 Å². The van der Waals surface area contributed by atoms with Crippen molar-refractivity contribution in [2.75, 3.05) is 49.6 Å². The number of carbonyl (C=O) groups is 1. The minimum Gasteiger partial charge on any atom is -0.379 e.